The van der Waals surface area contributed by atoms with Gasteiger partial charge in [0.1, 0.15) is 12.2 Å². The summed E-state index contributed by atoms with van der Waals surface area (Å²) < 4.78 is 36.9. The first-order valence-corrected chi connectivity index (χ1v) is 9.92. The Morgan fingerprint density at radius 1 is 0.966 bits per heavy atom. The zero-order valence-corrected chi connectivity index (χ0v) is 16.4. The Morgan fingerprint density at radius 3 is 2.21 bits per heavy atom. The average molecular weight is 415 g/mol. The van der Waals surface area contributed by atoms with Gasteiger partial charge in [0.25, 0.3) is 10.0 Å². The van der Waals surface area contributed by atoms with Gasteiger partial charge >= 0.3 is 11.9 Å². The Balaban J connectivity index is 2.34. The van der Waals surface area contributed by atoms with Crippen molar-refractivity contribution in [3.63, 3.8) is 0 Å². The van der Waals surface area contributed by atoms with E-state index in [1.165, 1.54) is 30.3 Å². The molecule has 1 aliphatic rings. The third-order valence-corrected chi connectivity index (χ3v) is 5.97. The van der Waals surface area contributed by atoms with Crippen LogP contribution in [0, 0.1) is 0 Å². The first-order chi connectivity index (χ1) is 13.8. The highest BCUT2D eigenvalue weighted by atomic mass is 32.2. The number of esters is 2. The molecule has 2 aromatic carbocycles. The second-order valence-electron chi connectivity index (χ2n) is 6.05. The molecule has 29 heavy (non-hydrogen) atoms. The second kappa shape index (κ2) is 7.88. The zero-order chi connectivity index (χ0) is 21.2. The Morgan fingerprint density at radius 2 is 1.59 bits per heavy atom. The fraction of sp³-hybridized carbons (Fsp3) is 0.150. The lowest BCUT2D eigenvalue weighted by molar-refractivity contribution is -0.140. The Hall–Kier alpha value is -3.46. The van der Waals surface area contributed by atoms with Crippen LogP contribution in [0.3, 0.4) is 0 Å². The zero-order valence-electron chi connectivity index (χ0n) is 15.6. The molecule has 0 atom stereocenters. The number of rotatable bonds is 5. The molecule has 0 fully saturated rings. The summed E-state index contributed by atoms with van der Waals surface area (Å²) in [6, 6.07) is 13.7. The molecule has 1 heterocycles. The van der Waals surface area contributed by atoms with Crippen LogP contribution in [-0.4, -0.2) is 44.1 Å². The number of hydrogen-bond donors (Lipinski definition) is 0. The van der Waals surface area contributed by atoms with Crippen LogP contribution in [0.25, 0.3) is 5.76 Å². The van der Waals surface area contributed by atoms with Gasteiger partial charge in [-0.3, -0.25) is 14.4 Å². The van der Waals surface area contributed by atoms with Gasteiger partial charge in [0.2, 0.25) is 5.78 Å². The number of methoxy groups -OCH3 is 1. The van der Waals surface area contributed by atoms with Gasteiger partial charge in [0.15, 0.2) is 5.76 Å². The average Bonchev–Trinajstić information content (AvgIpc) is 2.71. The van der Waals surface area contributed by atoms with Crippen LogP contribution in [0.2, 0.25) is 0 Å². The third-order valence-electron chi connectivity index (χ3n) is 4.16. The van der Waals surface area contributed by atoms with E-state index in [4.69, 9.17) is 4.74 Å². The number of carbonyl (C=O) groups excluding carboxylic acids is 3. The van der Waals surface area contributed by atoms with E-state index < -0.39 is 40.0 Å². The third kappa shape index (κ3) is 3.77. The molecule has 1 aliphatic heterocycles. The van der Waals surface area contributed by atoms with E-state index in [2.05, 4.69) is 4.74 Å². The summed E-state index contributed by atoms with van der Waals surface area (Å²) in [5.41, 5.74) is -0.213. The highest BCUT2D eigenvalue weighted by molar-refractivity contribution is 7.89. The fourth-order valence-electron chi connectivity index (χ4n) is 2.89. The van der Waals surface area contributed by atoms with E-state index in [1.54, 1.807) is 24.3 Å². The van der Waals surface area contributed by atoms with Gasteiger partial charge in [0.05, 0.1) is 12.0 Å². The van der Waals surface area contributed by atoms with E-state index in [0.717, 1.165) is 14.0 Å². The molecule has 0 unspecified atom stereocenters. The number of sulfonamides is 1. The Labute approximate surface area is 167 Å². The van der Waals surface area contributed by atoms with Crippen molar-refractivity contribution in [2.45, 2.75) is 11.8 Å². The number of carbonyl (C=O) groups is 3. The summed E-state index contributed by atoms with van der Waals surface area (Å²) in [7, 11) is -3.20. The number of ether oxygens (including phenoxy) is 2. The van der Waals surface area contributed by atoms with Crippen molar-refractivity contribution in [2.24, 2.45) is 0 Å². The molecule has 0 N–H and O–H groups in total. The van der Waals surface area contributed by atoms with E-state index in [0.29, 0.717) is 4.31 Å². The lowest BCUT2D eigenvalue weighted by Gasteiger charge is -2.31. The number of ketones is 1. The van der Waals surface area contributed by atoms with Gasteiger partial charge in [0, 0.05) is 18.1 Å². The monoisotopic (exact) mass is 415 g/mol. The van der Waals surface area contributed by atoms with Crippen molar-refractivity contribution in [1.82, 2.24) is 4.31 Å². The standard InChI is InChI=1S/C20H17NO7S/c1-13(22)28-20-15-10-6-7-11-16(15)29(25,26)21(12-17(23)27-2)18(20)19(24)14-8-4-3-5-9-14/h3-11H,12H2,1-2H3. The highest BCUT2D eigenvalue weighted by Gasteiger charge is 2.42. The minimum atomic E-state index is -4.30. The fourth-order valence-corrected chi connectivity index (χ4v) is 4.50. The molecule has 0 aromatic heterocycles. The lowest BCUT2D eigenvalue weighted by atomic mass is 10.0. The van der Waals surface area contributed by atoms with Crippen LogP contribution in [0.15, 0.2) is 65.2 Å². The maximum absolute atomic E-state index is 13.3. The van der Waals surface area contributed by atoms with Gasteiger partial charge < -0.3 is 9.47 Å². The summed E-state index contributed by atoms with van der Waals surface area (Å²) in [6.45, 7) is 0.375. The SMILES string of the molecule is COC(=O)CN1C(C(=O)c2ccccc2)=C(OC(C)=O)c2ccccc2S1(=O)=O. The van der Waals surface area contributed by atoms with Gasteiger partial charge in [-0.25, -0.2) is 12.7 Å². The van der Waals surface area contributed by atoms with Crippen molar-refractivity contribution in [3.05, 3.63) is 71.4 Å². The minimum absolute atomic E-state index is 0.0584. The molecular formula is C20H17NO7S. The summed E-state index contributed by atoms with van der Waals surface area (Å²) in [5.74, 6) is -2.58. The molecule has 8 nitrogen and oxygen atoms in total. The molecule has 0 saturated carbocycles. The molecule has 0 aliphatic carbocycles. The number of fused-ring (bicyclic) bond motifs is 1. The van der Waals surface area contributed by atoms with Crippen molar-refractivity contribution in [3.8, 4) is 0 Å². The molecule has 0 spiro atoms. The molecule has 0 bridgehead atoms. The smallest absolute Gasteiger partial charge is 0.326 e. The molecule has 150 valence electrons. The topological polar surface area (TPSA) is 107 Å². The van der Waals surface area contributed by atoms with Gasteiger partial charge in [-0.05, 0) is 12.1 Å². The van der Waals surface area contributed by atoms with Gasteiger partial charge in [-0.1, -0.05) is 42.5 Å². The van der Waals surface area contributed by atoms with Gasteiger partial charge in [-0.2, -0.15) is 0 Å². The minimum Gasteiger partial charge on any atom is -0.468 e. The summed E-state index contributed by atoms with van der Waals surface area (Å²) in [4.78, 5) is 36.8. The second-order valence-corrected chi connectivity index (χ2v) is 7.88. The summed E-state index contributed by atoms with van der Waals surface area (Å²) >= 11 is 0. The predicted molar refractivity (Wildman–Crippen MR) is 102 cm³/mol. The van der Waals surface area contributed by atoms with Crippen LogP contribution in [0.5, 0.6) is 0 Å². The first kappa shape index (κ1) is 20.3. The van der Waals surface area contributed by atoms with Crippen LogP contribution in [-0.2, 0) is 29.1 Å². The molecule has 9 heteroatoms. The van der Waals surface area contributed by atoms with Crippen molar-refractivity contribution < 1.29 is 32.3 Å². The van der Waals surface area contributed by atoms with Crippen molar-refractivity contribution >= 4 is 33.5 Å². The lowest BCUT2D eigenvalue weighted by Crippen LogP contribution is -2.41. The van der Waals surface area contributed by atoms with Crippen LogP contribution >= 0.6 is 0 Å². The molecule has 2 aromatic rings. The Kier molecular flexibility index (Phi) is 5.51. The van der Waals surface area contributed by atoms with Crippen LogP contribution in [0.1, 0.15) is 22.8 Å². The molecule has 0 amide bonds. The normalized spacial score (nSPS) is 14.8. The van der Waals surface area contributed by atoms with Crippen molar-refractivity contribution in [2.75, 3.05) is 13.7 Å². The van der Waals surface area contributed by atoms with E-state index in [1.807, 2.05) is 0 Å². The molecule has 0 radical (unpaired) electrons. The van der Waals surface area contributed by atoms with Crippen molar-refractivity contribution in [1.29, 1.82) is 0 Å². The van der Waals surface area contributed by atoms with E-state index in [9.17, 15) is 22.8 Å². The number of Topliss-reactive ketones (excluding diaryl/α,β-unsaturated/α-hetero) is 1. The van der Waals surface area contributed by atoms with E-state index in [-0.39, 0.29) is 21.8 Å². The number of benzene rings is 2. The quantitative estimate of drug-likeness (QED) is 0.543. The number of hydrogen-bond acceptors (Lipinski definition) is 7. The predicted octanol–water partition coefficient (Wildman–Crippen LogP) is 1.98. The number of nitrogens with zero attached hydrogens (tertiary/aromatic N) is 1. The molecule has 3 rings (SSSR count). The molecule has 0 saturated heterocycles. The number of allylic oxidation sites excluding steroid dienone is 1. The van der Waals surface area contributed by atoms with E-state index >= 15 is 0 Å². The van der Waals surface area contributed by atoms with Gasteiger partial charge in [-0.15, -0.1) is 0 Å². The summed E-state index contributed by atoms with van der Waals surface area (Å²) in [5, 5.41) is 0. The molecular weight excluding hydrogens is 398 g/mol. The Bertz CT molecular complexity index is 1120. The van der Waals surface area contributed by atoms with Crippen LogP contribution < -0.4 is 0 Å². The highest BCUT2D eigenvalue weighted by Crippen LogP contribution is 2.38. The maximum Gasteiger partial charge on any atom is 0.326 e. The maximum atomic E-state index is 13.3. The van der Waals surface area contributed by atoms with Crippen LogP contribution in [0.4, 0.5) is 0 Å². The first-order valence-electron chi connectivity index (χ1n) is 8.48. The largest absolute Gasteiger partial charge is 0.468 e. The summed E-state index contributed by atoms with van der Waals surface area (Å²) in [6.07, 6.45) is 0.